The fourth-order valence-electron chi connectivity index (χ4n) is 5.53. The number of nitrogens with one attached hydrogen (secondary N) is 2. The van der Waals surface area contributed by atoms with E-state index in [1.165, 1.54) is 36.1 Å². The zero-order valence-electron chi connectivity index (χ0n) is 27.3. The highest BCUT2D eigenvalue weighted by Gasteiger charge is 2.67. The summed E-state index contributed by atoms with van der Waals surface area (Å²) >= 11 is 2.11. The molecule has 2 aliphatic heterocycles. The molecule has 22 heteroatoms. The second-order valence-corrected chi connectivity index (χ2v) is 13.3. The Bertz CT molecular complexity index is 2260. The number of phenols is 3. The number of benzene rings is 2. The molecular formula is C31H27N7O13S2. The summed E-state index contributed by atoms with van der Waals surface area (Å²) in [6.45, 7) is -0.286. The molecule has 4 aromatic rings. The molecule has 4 heterocycles. The number of aromatic nitrogens is 4. The highest BCUT2D eigenvalue weighted by Crippen LogP contribution is 2.47. The van der Waals surface area contributed by atoms with Crippen LogP contribution in [-0.4, -0.2) is 112 Å². The summed E-state index contributed by atoms with van der Waals surface area (Å²) in [5.74, 6) is -6.39. The third kappa shape index (κ3) is 6.69. The van der Waals surface area contributed by atoms with Crippen LogP contribution in [0.4, 0.5) is 0 Å². The number of aromatic hydroxyl groups is 3. The van der Waals surface area contributed by atoms with Crippen molar-refractivity contribution in [1.82, 2.24) is 35.7 Å². The Balaban J connectivity index is 1.25. The van der Waals surface area contributed by atoms with Crippen LogP contribution in [-0.2, 0) is 35.2 Å². The number of phenolic OH excluding ortho intramolecular Hbond substituents is 3. The quantitative estimate of drug-likeness (QED) is 0.0365. The standard InChI is InChI=1S/C31H27N7O13S2/c1-49-21(42)9-37-30(34-35-36-37)53-12-14-11-52-29-31(50-2,28(48)38(29)23(14)27(46)47)33-26(45)22(13-3-5-15(39)6-4-13)32-25(44)17-10-51-20-8-19(41)18(40)7-16(20)24(17)43/h3-8,10,22,29,39-41H,9,11-12H2,1-2H3,(H,32,44)(H,33,45)(H,46,47)/t22?,29-,31-/m0/s1. The number of thioether (sulfide) groups is 2. The average molecular weight is 770 g/mol. The van der Waals surface area contributed by atoms with Gasteiger partial charge in [-0.25, -0.2) is 9.48 Å². The molecule has 0 saturated carbocycles. The van der Waals surface area contributed by atoms with Crippen molar-refractivity contribution in [2.45, 2.75) is 28.8 Å². The molecule has 2 aliphatic rings. The van der Waals surface area contributed by atoms with Crippen LogP contribution < -0.4 is 16.1 Å². The maximum Gasteiger partial charge on any atom is 0.352 e. The predicted octanol–water partition coefficient (Wildman–Crippen LogP) is 0.0454. The van der Waals surface area contributed by atoms with Crippen LogP contribution in [0.25, 0.3) is 11.0 Å². The highest BCUT2D eigenvalue weighted by molar-refractivity contribution is 8.01. The Morgan fingerprint density at radius 3 is 2.51 bits per heavy atom. The van der Waals surface area contributed by atoms with Gasteiger partial charge in [0.1, 0.15) is 46.8 Å². The number of methoxy groups -OCH3 is 2. The molecule has 2 aromatic carbocycles. The minimum absolute atomic E-state index is 0.0114. The lowest BCUT2D eigenvalue weighted by Gasteiger charge is -2.56. The number of ether oxygens (including phenoxy) is 2. The number of aliphatic carboxylic acids is 1. The zero-order chi connectivity index (χ0) is 38.2. The third-order valence-corrected chi connectivity index (χ3v) is 10.6. The van der Waals surface area contributed by atoms with Gasteiger partial charge in [0.2, 0.25) is 16.5 Å². The minimum atomic E-state index is -2.10. The van der Waals surface area contributed by atoms with Crippen molar-refractivity contribution in [3.05, 3.63) is 75.3 Å². The van der Waals surface area contributed by atoms with Gasteiger partial charge < -0.3 is 45.0 Å². The molecule has 0 radical (unpaired) electrons. The van der Waals surface area contributed by atoms with Crippen LogP contribution in [0.15, 0.2) is 68.3 Å². The van der Waals surface area contributed by atoms with Crippen molar-refractivity contribution in [3.63, 3.8) is 0 Å². The topological polar surface area (TPSA) is 286 Å². The number of rotatable bonds is 12. The van der Waals surface area contributed by atoms with E-state index in [1.807, 2.05) is 0 Å². The minimum Gasteiger partial charge on any atom is -0.508 e. The van der Waals surface area contributed by atoms with Crippen molar-refractivity contribution < 1.29 is 58.3 Å². The Morgan fingerprint density at radius 1 is 1.11 bits per heavy atom. The molecule has 3 amide bonds. The molecule has 1 unspecified atom stereocenters. The van der Waals surface area contributed by atoms with E-state index in [0.29, 0.717) is 5.57 Å². The van der Waals surface area contributed by atoms with Crippen molar-refractivity contribution in [2.75, 3.05) is 25.7 Å². The molecule has 0 aliphatic carbocycles. The maximum atomic E-state index is 14.0. The van der Waals surface area contributed by atoms with Gasteiger partial charge in [0, 0.05) is 24.7 Å². The van der Waals surface area contributed by atoms with Gasteiger partial charge in [0.05, 0.1) is 12.5 Å². The van der Waals surface area contributed by atoms with Crippen LogP contribution in [0.2, 0.25) is 0 Å². The largest absolute Gasteiger partial charge is 0.508 e. The first kappa shape index (κ1) is 36.7. The monoisotopic (exact) mass is 769 g/mol. The van der Waals surface area contributed by atoms with E-state index >= 15 is 0 Å². The summed E-state index contributed by atoms with van der Waals surface area (Å²) in [5.41, 5.74) is -3.65. The molecule has 0 spiro atoms. The number of carboxylic acids is 1. The summed E-state index contributed by atoms with van der Waals surface area (Å²) in [6.07, 6.45) is 0.806. The molecule has 20 nitrogen and oxygen atoms in total. The summed E-state index contributed by atoms with van der Waals surface area (Å²) in [4.78, 5) is 79.7. The SMILES string of the molecule is COC(=O)Cn1nnnc1SCC1=C(C(=O)O)N2C(=O)[C@](NC(=O)C(NC(=O)c3coc4cc(O)c(O)cc4c3=O)c3ccc(O)cc3)(OC)[C@@H]2SC1. The average Bonchev–Trinajstić information content (AvgIpc) is 3.58. The first-order chi connectivity index (χ1) is 25.3. The van der Waals surface area contributed by atoms with Crippen LogP contribution in [0.5, 0.6) is 17.2 Å². The number of β-lactam (4-membered cyclic amide) rings is 1. The maximum absolute atomic E-state index is 14.0. The van der Waals surface area contributed by atoms with Crippen LogP contribution >= 0.6 is 23.5 Å². The number of tetrazole rings is 1. The van der Waals surface area contributed by atoms with Gasteiger partial charge in [-0.15, -0.1) is 16.9 Å². The molecule has 2 aromatic heterocycles. The Morgan fingerprint density at radius 2 is 1.83 bits per heavy atom. The zero-order valence-corrected chi connectivity index (χ0v) is 29.0. The molecule has 3 atom stereocenters. The fourth-order valence-corrected chi connectivity index (χ4v) is 7.99. The Kier molecular flexibility index (Phi) is 10.0. The molecule has 53 heavy (non-hydrogen) atoms. The lowest BCUT2D eigenvalue weighted by molar-refractivity contribution is -0.192. The van der Waals surface area contributed by atoms with Gasteiger partial charge in [-0.05, 0) is 39.8 Å². The van der Waals surface area contributed by atoms with Gasteiger partial charge in [-0.2, -0.15) is 0 Å². The number of fused-ring (bicyclic) bond motifs is 2. The highest BCUT2D eigenvalue weighted by atomic mass is 32.2. The lowest BCUT2D eigenvalue weighted by Crippen LogP contribution is -2.81. The van der Waals surface area contributed by atoms with Gasteiger partial charge in [0.25, 0.3) is 17.5 Å². The van der Waals surface area contributed by atoms with E-state index in [1.54, 1.807) is 0 Å². The second kappa shape index (κ2) is 14.5. The van der Waals surface area contributed by atoms with Crippen molar-refractivity contribution in [1.29, 1.82) is 0 Å². The number of carboxylic acid groups (broad SMARTS) is 1. The van der Waals surface area contributed by atoms with E-state index in [4.69, 9.17) is 9.15 Å². The van der Waals surface area contributed by atoms with Crippen molar-refractivity contribution in [3.8, 4) is 17.2 Å². The molecule has 6 N–H and O–H groups in total. The van der Waals surface area contributed by atoms with E-state index in [9.17, 15) is 49.2 Å². The molecule has 6 rings (SSSR count). The summed E-state index contributed by atoms with van der Waals surface area (Å²) in [7, 11) is 2.33. The normalized spacial score (nSPS) is 18.6. The molecule has 276 valence electrons. The smallest absolute Gasteiger partial charge is 0.352 e. The van der Waals surface area contributed by atoms with Crippen LogP contribution in [0.1, 0.15) is 22.0 Å². The number of nitrogens with zero attached hydrogens (tertiary/aromatic N) is 5. The number of hydrogen-bond acceptors (Lipinski definition) is 17. The molecule has 1 fully saturated rings. The van der Waals surface area contributed by atoms with Gasteiger partial charge in [-0.3, -0.25) is 28.9 Å². The fraction of sp³-hybridized carbons (Fsp3) is 0.258. The van der Waals surface area contributed by atoms with Gasteiger partial charge >= 0.3 is 11.9 Å². The molecule has 0 bridgehead atoms. The molecule has 1 saturated heterocycles. The van der Waals surface area contributed by atoms with Crippen molar-refractivity contribution in [2.24, 2.45) is 0 Å². The van der Waals surface area contributed by atoms with Crippen LogP contribution in [0, 0.1) is 0 Å². The number of hydrogen-bond donors (Lipinski definition) is 6. The predicted molar refractivity (Wildman–Crippen MR) is 180 cm³/mol. The summed E-state index contributed by atoms with van der Waals surface area (Å²) < 4.78 is 16.7. The van der Waals surface area contributed by atoms with Gasteiger partial charge in [-0.1, -0.05) is 23.9 Å². The number of esters is 1. The number of carbonyl (C=O) groups is 5. The van der Waals surface area contributed by atoms with Gasteiger partial charge in [0.15, 0.2) is 11.5 Å². The lowest BCUT2D eigenvalue weighted by atomic mass is 9.96. The van der Waals surface area contributed by atoms with Crippen LogP contribution in [0.3, 0.4) is 0 Å². The second-order valence-electron chi connectivity index (χ2n) is 11.3. The molecular weight excluding hydrogens is 743 g/mol. The Hall–Kier alpha value is -6.13. The van der Waals surface area contributed by atoms with E-state index in [-0.39, 0.29) is 51.2 Å². The van der Waals surface area contributed by atoms with E-state index in [2.05, 4.69) is 30.9 Å². The third-order valence-electron chi connectivity index (χ3n) is 8.20. The van der Waals surface area contributed by atoms with E-state index < -0.39 is 69.3 Å². The first-order valence-electron chi connectivity index (χ1n) is 15.1. The first-order valence-corrected chi connectivity index (χ1v) is 17.1. The van der Waals surface area contributed by atoms with E-state index in [0.717, 1.165) is 53.9 Å². The number of carbonyl (C=O) groups excluding carboxylic acids is 4. The van der Waals surface area contributed by atoms with Crippen molar-refractivity contribution >= 4 is 64.2 Å². The number of amides is 3. The summed E-state index contributed by atoms with van der Waals surface area (Å²) in [6, 6.07) is 5.36. The summed E-state index contributed by atoms with van der Waals surface area (Å²) in [5, 5.41) is 54.6. The Labute approximate surface area is 304 Å².